The van der Waals surface area contributed by atoms with Crippen LogP contribution in [0.4, 0.5) is 10.2 Å². The zero-order chi connectivity index (χ0) is 21.0. The molecule has 2 aromatic heterocycles. The molecule has 0 bridgehead atoms. The van der Waals surface area contributed by atoms with Gasteiger partial charge in [-0.25, -0.2) is 12.8 Å². The average Bonchev–Trinajstić information content (AvgIpc) is 3.39. The van der Waals surface area contributed by atoms with E-state index in [1.54, 1.807) is 15.7 Å². The van der Waals surface area contributed by atoms with Crippen LogP contribution in [0.3, 0.4) is 0 Å². The molecule has 1 aromatic carbocycles. The number of nitrogens with zero attached hydrogens (tertiary/aromatic N) is 6. The zero-order valence-electron chi connectivity index (χ0n) is 16.9. The molecule has 4 heterocycles. The van der Waals surface area contributed by atoms with Crippen LogP contribution in [-0.2, 0) is 16.4 Å². The van der Waals surface area contributed by atoms with Gasteiger partial charge < -0.3 is 4.90 Å². The molecule has 0 spiro atoms. The van der Waals surface area contributed by atoms with Crippen LogP contribution >= 0.6 is 0 Å². The zero-order valence-corrected chi connectivity index (χ0v) is 17.7. The van der Waals surface area contributed by atoms with E-state index in [9.17, 15) is 12.8 Å². The molecule has 2 unspecified atom stereocenters. The molecule has 2 aliphatic heterocycles. The largest absolute Gasteiger partial charge is 0.355 e. The third-order valence-corrected chi connectivity index (χ3v) is 8.15. The average molecular weight is 431 g/mol. The lowest BCUT2D eigenvalue weighted by molar-refractivity contribution is 0.452. The smallest absolute Gasteiger partial charge is 0.243 e. The fourth-order valence-corrected chi connectivity index (χ4v) is 6.35. The first-order chi connectivity index (χ1) is 14.4. The summed E-state index contributed by atoms with van der Waals surface area (Å²) in [7, 11) is -3.63. The van der Waals surface area contributed by atoms with Gasteiger partial charge in [0.2, 0.25) is 10.0 Å². The lowest BCUT2D eigenvalue weighted by Gasteiger charge is -2.22. The fourth-order valence-electron chi connectivity index (χ4n) is 4.59. The van der Waals surface area contributed by atoms with Crippen molar-refractivity contribution in [3.05, 3.63) is 47.5 Å². The van der Waals surface area contributed by atoms with Crippen LogP contribution in [0.25, 0.3) is 5.65 Å². The minimum absolute atomic E-state index is 0.188. The number of hydrogen-bond donors (Lipinski definition) is 0. The molecule has 5 rings (SSSR count). The Bertz CT molecular complexity index is 1210. The maximum absolute atomic E-state index is 13.4. The van der Waals surface area contributed by atoms with Gasteiger partial charge in [-0.05, 0) is 54.7 Å². The second-order valence-electron chi connectivity index (χ2n) is 8.09. The van der Waals surface area contributed by atoms with Gasteiger partial charge in [0.25, 0.3) is 0 Å². The van der Waals surface area contributed by atoms with Gasteiger partial charge in [0.05, 0.1) is 4.90 Å². The molecule has 3 aromatic rings. The minimum Gasteiger partial charge on any atom is -0.355 e. The van der Waals surface area contributed by atoms with Crippen molar-refractivity contribution >= 4 is 21.5 Å². The first kappa shape index (κ1) is 19.4. The van der Waals surface area contributed by atoms with Crippen LogP contribution in [-0.4, -0.2) is 58.7 Å². The lowest BCUT2D eigenvalue weighted by atomic mass is 10.0. The minimum atomic E-state index is -3.63. The highest BCUT2D eigenvalue weighted by atomic mass is 32.2. The molecule has 2 aliphatic rings. The Kier molecular flexibility index (Phi) is 4.51. The van der Waals surface area contributed by atoms with E-state index in [0.717, 1.165) is 36.8 Å². The van der Waals surface area contributed by atoms with Gasteiger partial charge in [-0.2, -0.15) is 8.82 Å². The summed E-state index contributed by atoms with van der Waals surface area (Å²) in [5, 5.41) is 13.0. The van der Waals surface area contributed by atoms with Crippen LogP contribution in [0.5, 0.6) is 0 Å². The summed E-state index contributed by atoms with van der Waals surface area (Å²) in [5.41, 5.74) is 1.16. The van der Waals surface area contributed by atoms with E-state index in [1.807, 2.05) is 19.1 Å². The molecule has 8 nitrogen and oxygen atoms in total. The monoisotopic (exact) mass is 430 g/mol. The van der Waals surface area contributed by atoms with Crippen molar-refractivity contribution in [1.29, 1.82) is 0 Å². The molecular weight excluding hydrogens is 407 g/mol. The number of fused-ring (bicyclic) bond motifs is 2. The Hall–Kier alpha value is -2.59. The highest BCUT2D eigenvalue weighted by Crippen LogP contribution is 2.36. The van der Waals surface area contributed by atoms with Gasteiger partial charge in [-0.15, -0.1) is 15.3 Å². The van der Waals surface area contributed by atoms with E-state index in [2.05, 4.69) is 15.1 Å². The maximum atomic E-state index is 13.4. The molecular formula is C20H23FN6O2S. The normalized spacial score (nSPS) is 22.2. The van der Waals surface area contributed by atoms with Crippen molar-refractivity contribution in [3.63, 3.8) is 0 Å². The molecule has 0 radical (unpaired) electrons. The summed E-state index contributed by atoms with van der Waals surface area (Å²) in [4.78, 5) is 2.40. The molecule has 0 saturated carbocycles. The Morgan fingerprint density at radius 2 is 1.80 bits per heavy atom. The standard InChI is InChI=1S/C20H23FN6O2S/c1-3-18-22-23-19-6-7-20(24-27(18)19)25-9-14-11-26(12-15(14)10-25)30(28,29)17-5-4-16(21)8-13(17)2/h4-8,14-15H,3,9-12H2,1-2H3. The van der Waals surface area contributed by atoms with Crippen molar-refractivity contribution in [1.82, 2.24) is 24.1 Å². The fraction of sp³-hybridized carbons (Fsp3) is 0.450. The maximum Gasteiger partial charge on any atom is 0.243 e. The number of aromatic nitrogens is 4. The first-order valence-corrected chi connectivity index (χ1v) is 11.5. The number of aryl methyl sites for hydroxylation is 2. The SMILES string of the molecule is CCc1nnc2ccc(N3CC4CN(S(=O)(=O)c5ccc(F)cc5C)CC4C3)nn12. The molecule has 0 aliphatic carbocycles. The Labute approximate surface area is 174 Å². The molecule has 30 heavy (non-hydrogen) atoms. The van der Waals surface area contributed by atoms with Crippen molar-refractivity contribution in [3.8, 4) is 0 Å². The van der Waals surface area contributed by atoms with Gasteiger partial charge in [0.15, 0.2) is 11.5 Å². The number of hydrogen-bond acceptors (Lipinski definition) is 6. The second-order valence-corrected chi connectivity index (χ2v) is 9.99. The van der Waals surface area contributed by atoms with E-state index in [4.69, 9.17) is 5.10 Å². The summed E-state index contributed by atoms with van der Waals surface area (Å²) >= 11 is 0. The van der Waals surface area contributed by atoms with Gasteiger partial charge >= 0.3 is 0 Å². The van der Waals surface area contributed by atoms with E-state index >= 15 is 0 Å². The molecule has 158 valence electrons. The van der Waals surface area contributed by atoms with E-state index < -0.39 is 15.8 Å². The lowest BCUT2D eigenvalue weighted by Crippen LogP contribution is -2.34. The molecule has 0 N–H and O–H groups in total. The van der Waals surface area contributed by atoms with Gasteiger partial charge in [0, 0.05) is 32.6 Å². The Morgan fingerprint density at radius 1 is 1.07 bits per heavy atom. The molecule has 10 heteroatoms. The molecule has 2 saturated heterocycles. The third-order valence-electron chi connectivity index (χ3n) is 6.16. The summed E-state index contributed by atoms with van der Waals surface area (Å²) < 4.78 is 42.9. The topological polar surface area (TPSA) is 83.7 Å². The number of benzene rings is 1. The van der Waals surface area contributed by atoms with Crippen LogP contribution in [0.1, 0.15) is 18.3 Å². The van der Waals surface area contributed by atoms with Gasteiger partial charge in [0.1, 0.15) is 11.6 Å². The van der Waals surface area contributed by atoms with Crippen LogP contribution in [0, 0.1) is 24.6 Å². The van der Waals surface area contributed by atoms with Crippen LogP contribution < -0.4 is 4.90 Å². The van der Waals surface area contributed by atoms with Crippen molar-refractivity contribution < 1.29 is 12.8 Å². The molecule has 2 atom stereocenters. The number of rotatable bonds is 4. The second kappa shape index (κ2) is 6.98. The first-order valence-electron chi connectivity index (χ1n) is 10.1. The van der Waals surface area contributed by atoms with Gasteiger partial charge in [-0.1, -0.05) is 6.92 Å². The van der Waals surface area contributed by atoms with Crippen molar-refractivity contribution in [2.75, 3.05) is 31.1 Å². The summed E-state index contributed by atoms with van der Waals surface area (Å²) in [6.07, 6.45) is 0.749. The van der Waals surface area contributed by atoms with Crippen molar-refractivity contribution in [2.45, 2.75) is 25.2 Å². The highest BCUT2D eigenvalue weighted by molar-refractivity contribution is 7.89. The molecule has 0 amide bonds. The summed E-state index contributed by atoms with van der Waals surface area (Å²) in [6, 6.07) is 7.69. The Morgan fingerprint density at radius 3 is 2.47 bits per heavy atom. The number of anilines is 1. The van der Waals surface area contributed by atoms with Crippen LogP contribution in [0.15, 0.2) is 35.2 Å². The van der Waals surface area contributed by atoms with E-state index in [0.29, 0.717) is 18.7 Å². The number of halogens is 1. The van der Waals surface area contributed by atoms with Crippen LogP contribution in [0.2, 0.25) is 0 Å². The third kappa shape index (κ3) is 3.05. The predicted molar refractivity (Wildman–Crippen MR) is 109 cm³/mol. The Balaban J connectivity index is 1.34. The van der Waals surface area contributed by atoms with Crippen molar-refractivity contribution in [2.24, 2.45) is 11.8 Å². The molecule has 2 fully saturated rings. The number of sulfonamides is 1. The van der Waals surface area contributed by atoms with E-state index in [-0.39, 0.29) is 16.7 Å². The quantitative estimate of drug-likeness (QED) is 0.629. The predicted octanol–water partition coefficient (Wildman–Crippen LogP) is 1.89. The highest BCUT2D eigenvalue weighted by Gasteiger charge is 2.45. The summed E-state index contributed by atoms with van der Waals surface area (Å²) in [5.74, 6) is 1.73. The van der Waals surface area contributed by atoms with E-state index in [1.165, 1.54) is 18.2 Å². The summed E-state index contributed by atoms with van der Waals surface area (Å²) in [6.45, 7) is 6.09. The van der Waals surface area contributed by atoms with Gasteiger partial charge in [-0.3, -0.25) is 0 Å².